The average Bonchev–Trinajstić information content (AvgIpc) is 2.36. The van der Waals surface area contributed by atoms with Gasteiger partial charge in [0.1, 0.15) is 0 Å². The van der Waals surface area contributed by atoms with Crippen molar-refractivity contribution in [3.63, 3.8) is 0 Å². The summed E-state index contributed by atoms with van der Waals surface area (Å²) in [5.41, 5.74) is 0. The first kappa shape index (κ1) is 16.8. The summed E-state index contributed by atoms with van der Waals surface area (Å²) < 4.78 is 36.5. The Morgan fingerprint density at radius 2 is 1.12 bits per heavy atom. The van der Waals surface area contributed by atoms with Gasteiger partial charge in [0.15, 0.2) is 0 Å². The second kappa shape index (κ2) is 12.3. The smallest absolute Gasteiger partial charge is 0.0894 e. The molecule has 0 nitrogen and oxygen atoms in total. The summed E-state index contributed by atoms with van der Waals surface area (Å²) in [5.74, 6) is 0.936. The van der Waals surface area contributed by atoms with Gasteiger partial charge in [0.2, 0.25) is 0 Å². The van der Waals surface area contributed by atoms with Gasteiger partial charge in [-0.15, -0.1) is 0 Å². The summed E-state index contributed by atoms with van der Waals surface area (Å²) in [7, 11) is 0. The molecule has 0 N–H and O–H groups in total. The van der Waals surface area contributed by atoms with Crippen LogP contribution in [0.5, 0.6) is 0 Å². The monoisotopic (exact) mass is 252 g/mol. The van der Waals surface area contributed by atoms with Crippen molar-refractivity contribution in [3.8, 4) is 0 Å². The van der Waals surface area contributed by atoms with Crippen LogP contribution in [0, 0.1) is 11.8 Å². The van der Waals surface area contributed by atoms with E-state index in [-0.39, 0.29) is 20.0 Å². The first-order chi connectivity index (χ1) is 8.29. The van der Waals surface area contributed by atoms with Crippen molar-refractivity contribution in [2.75, 3.05) is 20.0 Å². The topological polar surface area (TPSA) is 0 Å². The minimum atomic E-state index is -0.279. The number of alkyl halides is 3. The highest BCUT2D eigenvalue weighted by Crippen LogP contribution is 2.30. The van der Waals surface area contributed by atoms with E-state index in [2.05, 4.69) is 6.92 Å². The van der Waals surface area contributed by atoms with Crippen LogP contribution in [0.1, 0.15) is 58.3 Å². The van der Waals surface area contributed by atoms with Gasteiger partial charge in [-0.2, -0.15) is 0 Å². The molecule has 0 rings (SSSR count). The lowest BCUT2D eigenvalue weighted by atomic mass is 9.80. The first-order valence-corrected chi connectivity index (χ1v) is 6.98. The zero-order valence-corrected chi connectivity index (χ0v) is 11.1. The van der Waals surface area contributed by atoms with Gasteiger partial charge in [0.05, 0.1) is 20.0 Å². The SMILES string of the molecule is CCC(CCCF)C(CCCF)CCCCF. The van der Waals surface area contributed by atoms with Crippen LogP contribution in [-0.2, 0) is 0 Å². The van der Waals surface area contributed by atoms with E-state index in [1.165, 1.54) is 0 Å². The Balaban J connectivity index is 4.08. The third kappa shape index (κ3) is 8.50. The van der Waals surface area contributed by atoms with Crippen LogP contribution in [0.15, 0.2) is 0 Å². The van der Waals surface area contributed by atoms with Crippen molar-refractivity contribution in [2.24, 2.45) is 11.8 Å². The molecule has 0 aromatic carbocycles. The molecular formula is C14H27F3. The Morgan fingerprint density at radius 1 is 0.647 bits per heavy atom. The first-order valence-electron chi connectivity index (χ1n) is 6.98. The van der Waals surface area contributed by atoms with Crippen molar-refractivity contribution in [3.05, 3.63) is 0 Å². The number of hydrogen-bond donors (Lipinski definition) is 0. The molecule has 17 heavy (non-hydrogen) atoms. The molecule has 0 saturated heterocycles. The minimum Gasteiger partial charge on any atom is -0.251 e. The number of hydrogen-bond acceptors (Lipinski definition) is 0. The maximum Gasteiger partial charge on any atom is 0.0894 e. The molecule has 0 bridgehead atoms. The lowest BCUT2D eigenvalue weighted by molar-refractivity contribution is 0.238. The largest absolute Gasteiger partial charge is 0.251 e. The van der Waals surface area contributed by atoms with Gasteiger partial charge in [-0.25, -0.2) is 0 Å². The second-order valence-electron chi connectivity index (χ2n) is 4.78. The molecule has 0 aliphatic rings. The second-order valence-corrected chi connectivity index (χ2v) is 4.78. The third-order valence-electron chi connectivity index (χ3n) is 3.57. The summed E-state index contributed by atoms with van der Waals surface area (Å²) in [6.45, 7) is 1.30. The summed E-state index contributed by atoms with van der Waals surface area (Å²) >= 11 is 0. The van der Waals surface area contributed by atoms with Crippen LogP contribution in [0.25, 0.3) is 0 Å². The summed E-state index contributed by atoms with van der Waals surface area (Å²) in [4.78, 5) is 0. The van der Waals surface area contributed by atoms with Gasteiger partial charge >= 0.3 is 0 Å². The van der Waals surface area contributed by atoms with Crippen LogP contribution in [-0.4, -0.2) is 20.0 Å². The molecule has 2 unspecified atom stereocenters. The van der Waals surface area contributed by atoms with E-state index in [0.717, 1.165) is 32.1 Å². The van der Waals surface area contributed by atoms with E-state index in [4.69, 9.17) is 0 Å². The van der Waals surface area contributed by atoms with Crippen molar-refractivity contribution in [1.29, 1.82) is 0 Å². The fourth-order valence-corrected chi connectivity index (χ4v) is 2.57. The fourth-order valence-electron chi connectivity index (χ4n) is 2.57. The standard InChI is InChI=1S/C14H27F3/c1-2-13(8-5-11-16)14(9-6-12-17)7-3-4-10-15/h13-14H,2-12H2,1H3. The van der Waals surface area contributed by atoms with Crippen LogP contribution in [0.2, 0.25) is 0 Å². The Labute approximate surface area is 104 Å². The van der Waals surface area contributed by atoms with Gasteiger partial charge in [-0.1, -0.05) is 26.2 Å². The van der Waals surface area contributed by atoms with E-state index in [1.54, 1.807) is 0 Å². The highest BCUT2D eigenvalue weighted by Gasteiger charge is 2.19. The minimum absolute atomic E-state index is 0.267. The molecule has 0 heterocycles. The quantitative estimate of drug-likeness (QED) is 0.415. The summed E-state index contributed by atoms with van der Waals surface area (Å²) in [6.07, 6.45) is 6.42. The Kier molecular flexibility index (Phi) is 12.1. The molecule has 0 aromatic rings. The van der Waals surface area contributed by atoms with E-state index in [9.17, 15) is 13.2 Å². The lowest BCUT2D eigenvalue weighted by Crippen LogP contribution is -2.15. The molecule has 0 fully saturated rings. The zero-order chi connectivity index (χ0) is 12.9. The normalized spacial score (nSPS) is 14.8. The number of rotatable bonds is 12. The average molecular weight is 252 g/mol. The lowest BCUT2D eigenvalue weighted by Gasteiger charge is -2.26. The van der Waals surface area contributed by atoms with Crippen molar-refractivity contribution in [2.45, 2.75) is 58.3 Å². The van der Waals surface area contributed by atoms with Gasteiger partial charge in [-0.05, 0) is 43.9 Å². The molecule has 0 aromatic heterocycles. The highest BCUT2D eigenvalue weighted by atomic mass is 19.1. The van der Waals surface area contributed by atoms with E-state index < -0.39 is 0 Å². The predicted molar refractivity (Wildman–Crippen MR) is 67.5 cm³/mol. The number of unbranched alkanes of at least 4 members (excludes halogenated alkanes) is 1. The predicted octanol–water partition coefficient (Wildman–Crippen LogP) is 5.27. The third-order valence-corrected chi connectivity index (χ3v) is 3.57. The molecule has 0 amide bonds. The molecule has 3 heteroatoms. The van der Waals surface area contributed by atoms with Crippen LogP contribution >= 0.6 is 0 Å². The Hall–Kier alpha value is -0.210. The Bertz CT molecular complexity index is 150. The Morgan fingerprint density at radius 3 is 1.59 bits per heavy atom. The van der Waals surface area contributed by atoms with Crippen LogP contribution < -0.4 is 0 Å². The summed E-state index contributed by atoms with van der Waals surface area (Å²) in [5, 5.41) is 0. The molecule has 0 spiro atoms. The fraction of sp³-hybridized carbons (Fsp3) is 1.00. The molecule has 0 aliphatic heterocycles. The van der Waals surface area contributed by atoms with Crippen molar-refractivity contribution >= 4 is 0 Å². The molecule has 2 atom stereocenters. The maximum absolute atomic E-state index is 12.2. The van der Waals surface area contributed by atoms with E-state index in [1.807, 2.05) is 0 Å². The highest BCUT2D eigenvalue weighted by molar-refractivity contribution is 4.70. The molecule has 0 aliphatic carbocycles. The molecule has 0 radical (unpaired) electrons. The summed E-state index contributed by atoms with van der Waals surface area (Å²) in [6, 6.07) is 0. The zero-order valence-electron chi connectivity index (χ0n) is 11.1. The maximum atomic E-state index is 12.2. The molecule has 0 saturated carbocycles. The van der Waals surface area contributed by atoms with E-state index >= 15 is 0 Å². The van der Waals surface area contributed by atoms with Crippen molar-refractivity contribution in [1.82, 2.24) is 0 Å². The molecule has 104 valence electrons. The van der Waals surface area contributed by atoms with Gasteiger partial charge in [0, 0.05) is 0 Å². The van der Waals surface area contributed by atoms with Gasteiger partial charge in [-0.3, -0.25) is 13.2 Å². The van der Waals surface area contributed by atoms with Crippen LogP contribution in [0.3, 0.4) is 0 Å². The molecular weight excluding hydrogens is 225 g/mol. The van der Waals surface area contributed by atoms with Crippen LogP contribution in [0.4, 0.5) is 13.2 Å². The number of halogens is 3. The van der Waals surface area contributed by atoms with Gasteiger partial charge in [0.25, 0.3) is 0 Å². The van der Waals surface area contributed by atoms with E-state index in [0.29, 0.717) is 31.1 Å². The van der Waals surface area contributed by atoms with Gasteiger partial charge < -0.3 is 0 Å². The van der Waals surface area contributed by atoms with Crippen molar-refractivity contribution < 1.29 is 13.2 Å².